The fraction of sp³-hybridized carbons (Fsp3) is 0.269. The zero-order valence-electron chi connectivity index (χ0n) is 17.7. The number of nitrogens with zero attached hydrogens (tertiary/aromatic N) is 1. The molecular formula is C26H29N2O3+. The quantitative estimate of drug-likeness (QED) is 0.613. The molecule has 3 aromatic carbocycles. The number of carbonyl (C=O) groups excluding carboxylic acids is 1. The van der Waals surface area contributed by atoms with E-state index in [-0.39, 0.29) is 5.91 Å². The van der Waals surface area contributed by atoms with Gasteiger partial charge in [-0.3, -0.25) is 4.79 Å². The van der Waals surface area contributed by atoms with Crippen LogP contribution in [0.5, 0.6) is 11.5 Å². The summed E-state index contributed by atoms with van der Waals surface area (Å²) in [5, 5.41) is 0. The molecule has 0 spiro atoms. The summed E-state index contributed by atoms with van der Waals surface area (Å²) in [5.74, 6) is 1.86. The number of carbonyl (C=O) groups is 1. The second-order valence-electron chi connectivity index (χ2n) is 7.75. The average Bonchev–Trinajstić information content (AvgIpc) is 2.84. The minimum Gasteiger partial charge on any atom is -0.489 e. The minimum atomic E-state index is 0.107. The van der Waals surface area contributed by atoms with E-state index in [1.807, 2.05) is 89.8 Å². The van der Waals surface area contributed by atoms with E-state index < -0.39 is 0 Å². The zero-order valence-corrected chi connectivity index (χ0v) is 17.7. The molecule has 1 heterocycles. The van der Waals surface area contributed by atoms with Crippen molar-refractivity contribution in [2.45, 2.75) is 6.61 Å². The van der Waals surface area contributed by atoms with Crippen molar-refractivity contribution in [2.75, 3.05) is 39.3 Å². The number of rotatable bonds is 8. The van der Waals surface area contributed by atoms with Crippen molar-refractivity contribution in [3.63, 3.8) is 0 Å². The highest BCUT2D eigenvalue weighted by atomic mass is 16.5. The number of quaternary nitrogens is 1. The molecule has 0 bridgehead atoms. The number of piperazine rings is 1. The third-order valence-corrected chi connectivity index (χ3v) is 5.57. The Morgan fingerprint density at radius 1 is 0.774 bits per heavy atom. The Balaban J connectivity index is 1.20. The van der Waals surface area contributed by atoms with Crippen LogP contribution < -0.4 is 14.4 Å². The first-order chi connectivity index (χ1) is 15.3. The first kappa shape index (κ1) is 20.9. The largest absolute Gasteiger partial charge is 0.489 e. The highest BCUT2D eigenvalue weighted by molar-refractivity contribution is 5.94. The van der Waals surface area contributed by atoms with E-state index >= 15 is 0 Å². The van der Waals surface area contributed by atoms with E-state index in [0.717, 1.165) is 55.3 Å². The van der Waals surface area contributed by atoms with Crippen molar-refractivity contribution in [3.8, 4) is 11.5 Å². The number of hydrogen-bond acceptors (Lipinski definition) is 3. The maximum absolute atomic E-state index is 12.9. The summed E-state index contributed by atoms with van der Waals surface area (Å²) in [6.45, 7) is 5.59. The van der Waals surface area contributed by atoms with E-state index in [2.05, 4.69) is 0 Å². The Labute approximate surface area is 183 Å². The number of hydrogen-bond donors (Lipinski definition) is 1. The standard InChI is InChI=1S/C26H28N2O3/c29-26(23-13-11-22(12-14-23)21-31-25-9-5-2-6-10-25)28-17-15-27(16-18-28)19-20-30-24-7-3-1-4-8-24/h1-14H,15-21H2/p+1. The minimum absolute atomic E-state index is 0.107. The van der Waals surface area contributed by atoms with Gasteiger partial charge < -0.3 is 19.3 Å². The van der Waals surface area contributed by atoms with Gasteiger partial charge >= 0.3 is 0 Å². The number of ether oxygens (including phenoxy) is 2. The molecule has 0 saturated carbocycles. The Hall–Kier alpha value is -3.31. The van der Waals surface area contributed by atoms with Gasteiger partial charge in [0.05, 0.1) is 26.2 Å². The van der Waals surface area contributed by atoms with Gasteiger partial charge in [-0.2, -0.15) is 0 Å². The summed E-state index contributed by atoms with van der Waals surface area (Å²) in [7, 11) is 0. The lowest BCUT2D eigenvalue weighted by molar-refractivity contribution is -0.903. The molecule has 5 nitrogen and oxygen atoms in total. The van der Waals surface area contributed by atoms with Crippen LogP contribution in [-0.4, -0.2) is 50.1 Å². The van der Waals surface area contributed by atoms with Crippen molar-refractivity contribution in [1.29, 1.82) is 0 Å². The molecule has 1 saturated heterocycles. The molecule has 1 fully saturated rings. The summed E-state index contributed by atoms with van der Waals surface area (Å²) in [4.78, 5) is 16.3. The summed E-state index contributed by atoms with van der Waals surface area (Å²) in [6.07, 6.45) is 0. The Kier molecular flexibility index (Phi) is 7.19. The van der Waals surface area contributed by atoms with Crippen molar-refractivity contribution < 1.29 is 19.2 Å². The molecule has 160 valence electrons. The molecular weight excluding hydrogens is 388 g/mol. The summed E-state index contributed by atoms with van der Waals surface area (Å²) >= 11 is 0. The first-order valence-corrected chi connectivity index (χ1v) is 10.9. The van der Waals surface area contributed by atoms with Crippen LogP contribution in [0.25, 0.3) is 0 Å². The van der Waals surface area contributed by atoms with Crippen LogP contribution >= 0.6 is 0 Å². The molecule has 1 N–H and O–H groups in total. The molecule has 0 aliphatic carbocycles. The van der Waals surface area contributed by atoms with Crippen molar-refractivity contribution in [1.82, 2.24) is 4.90 Å². The smallest absolute Gasteiger partial charge is 0.254 e. The molecule has 0 radical (unpaired) electrons. The highest BCUT2D eigenvalue weighted by Gasteiger charge is 2.24. The second-order valence-corrected chi connectivity index (χ2v) is 7.75. The summed E-state index contributed by atoms with van der Waals surface area (Å²) in [5.41, 5.74) is 1.78. The van der Waals surface area contributed by atoms with Crippen molar-refractivity contribution in [2.24, 2.45) is 0 Å². The van der Waals surface area contributed by atoms with Crippen LogP contribution in [-0.2, 0) is 6.61 Å². The number of para-hydroxylation sites is 2. The van der Waals surface area contributed by atoms with Gasteiger partial charge in [0.25, 0.3) is 5.91 Å². The van der Waals surface area contributed by atoms with Crippen LogP contribution in [0.4, 0.5) is 0 Å². The van der Waals surface area contributed by atoms with Gasteiger partial charge in [0.15, 0.2) is 0 Å². The highest BCUT2D eigenvalue weighted by Crippen LogP contribution is 2.13. The van der Waals surface area contributed by atoms with E-state index in [1.54, 1.807) is 0 Å². The molecule has 1 aliphatic rings. The fourth-order valence-corrected chi connectivity index (χ4v) is 3.72. The summed E-state index contributed by atoms with van der Waals surface area (Å²) < 4.78 is 11.6. The lowest BCUT2D eigenvalue weighted by Gasteiger charge is -2.32. The van der Waals surface area contributed by atoms with Crippen LogP contribution in [0.15, 0.2) is 84.9 Å². The van der Waals surface area contributed by atoms with Crippen molar-refractivity contribution in [3.05, 3.63) is 96.1 Å². The average molecular weight is 418 g/mol. The van der Waals surface area contributed by atoms with Gasteiger partial charge in [0.2, 0.25) is 0 Å². The molecule has 31 heavy (non-hydrogen) atoms. The van der Waals surface area contributed by atoms with Gasteiger partial charge in [-0.1, -0.05) is 48.5 Å². The third-order valence-electron chi connectivity index (χ3n) is 5.57. The van der Waals surface area contributed by atoms with Gasteiger partial charge in [0, 0.05) is 5.56 Å². The lowest BCUT2D eigenvalue weighted by atomic mass is 10.1. The molecule has 3 aromatic rings. The van der Waals surface area contributed by atoms with Crippen LogP contribution in [0.2, 0.25) is 0 Å². The molecule has 4 rings (SSSR count). The monoisotopic (exact) mass is 417 g/mol. The van der Waals surface area contributed by atoms with Gasteiger partial charge in [-0.25, -0.2) is 0 Å². The molecule has 0 atom stereocenters. The molecule has 1 aliphatic heterocycles. The van der Waals surface area contributed by atoms with Crippen LogP contribution in [0.1, 0.15) is 15.9 Å². The summed E-state index contributed by atoms with van der Waals surface area (Å²) in [6, 6.07) is 27.4. The predicted molar refractivity (Wildman–Crippen MR) is 121 cm³/mol. The first-order valence-electron chi connectivity index (χ1n) is 10.9. The predicted octanol–water partition coefficient (Wildman–Crippen LogP) is 2.69. The number of benzene rings is 3. The number of amides is 1. The second kappa shape index (κ2) is 10.6. The molecule has 5 heteroatoms. The SMILES string of the molecule is O=C(c1ccc(COc2ccccc2)cc1)N1CC[NH+](CCOc2ccccc2)CC1. The Morgan fingerprint density at radius 2 is 1.35 bits per heavy atom. The van der Waals surface area contributed by atoms with E-state index in [4.69, 9.17) is 9.47 Å². The topological polar surface area (TPSA) is 43.2 Å². The molecule has 0 aromatic heterocycles. The maximum atomic E-state index is 12.9. The van der Waals surface area contributed by atoms with Gasteiger partial charge in [-0.05, 0) is 42.0 Å². The Morgan fingerprint density at radius 3 is 1.97 bits per heavy atom. The maximum Gasteiger partial charge on any atom is 0.254 e. The normalized spacial score (nSPS) is 14.3. The Bertz CT molecular complexity index is 937. The zero-order chi connectivity index (χ0) is 21.3. The third kappa shape index (κ3) is 6.09. The van der Waals surface area contributed by atoms with Gasteiger partial charge in [0.1, 0.15) is 31.3 Å². The van der Waals surface area contributed by atoms with Crippen LogP contribution in [0.3, 0.4) is 0 Å². The van der Waals surface area contributed by atoms with Gasteiger partial charge in [-0.15, -0.1) is 0 Å². The van der Waals surface area contributed by atoms with Crippen LogP contribution in [0, 0.1) is 0 Å². The molecule has 0 unspecified atom stereocenters. The van der Waals surface area contributed by atoms with E-state index in [1.165, 1.54) is 4.90 Å². The lowest BCUT2D eigenvalue weighted by Crippen LogP contribution is -3.15. The molecule has 1 amide bonds. The number of nitrogens with one attached hydrogen (secondary N) is 1. The van der Waals surface area contributed by atoms with E-state index in [9.17, 15) is 4.79 Å². The fourth-order valence-electron chi connectivity index (χ4n) is 3.72. The van der Waals surface area contributed by atoms with Crippen molar-refractivity contribution >= 4 is 5.91 Å². The van der Waals surface area contributed by atoms with E-state index in [0.29, 0.717) is 13.2 Å².